The lowest BCUT2D eigenvalue weighted by molar-refractivity contribution is -0.119. The highest BCUT2D eigenvalue weighted by Gasteiger charge is 2.14. The van der Waals surface area contributed by atoms with Crippen LogP contribution in [0.1, 0.15) is 18.4 Å². The number of halogens is 1. The van der Waals surface area contributed by atoms with Gasteiger partial charge in [-0.05, 0) is 17.7 Å². The Morgan fingerprint density at radius 3 is 2.48 bits per heavy atom. The van der Waals surface area contributed by atoms with E-state index in [4.69, 9.17) is 4.74 Å². The van der Waals surface area contributed by atoms with E-state index in [0.29, 0.717) is 6.54 Å². The van der Waals surface area contributed by atoms with E-state index in [1.165, 1.54) is 25.1 Å². The van der Waals surface area contributed by atoms with E-state index in [2.05, 4.69) is 17.2 Å². The van der Waals surface area contributed by atoms with Crippen molar-refractivity contribution in [3.63, 3.8) is 0 Å². The Labute approximate surface area is 123 Å². The molecule has 0 fully saturated rings. The Bertz CT molecular complexity index is 488. The number of nitrogens with one attached hydrogen (secondary N) is 2. The summed E-state index contributed by atoms with van der Waals surface area (Å²) in [7, 11) is 0. The van der Waals surface area contributed by atoms with Crippen molar-refractivity contribution >= 4 is 12.0 Å². The van der Waals surface area contributed by atoms with E-state index in [1.54, 1.807) is 12.1 Å². The molecule has 0 aliphatic heterocycles. The van der Waals surface area contributed by atoms with Gasteiger partial charge in [-0.2, -0.15) is 0 Å². The molecule has 0 radical (unpaired) electrons. The summed E-state index contributed by atoms with van der Waals surface area (Å²) in [4.78, 5) is 22.4. The highest BCUT2D eigenvalue weighted by Crippen LogP contribution is 2.15. The SMILES string of the molecule is C=CCOC(=O)NC[C@@H](CNC(C)=O)c1ccc(F)cc1. The van der Waals surface area contributed by atoms with E-state index in [-0.39, 0.29) is 30.8 Å². The van der Waals surface area contributed by atoms with Gasteiger partial charge in [0.15, 0.2) is 0 Å². The first-order valence-corrected chi connectivity index (χ1v) is 6.54. The zero-order valence-electron chi connectivity index (χ0n) is 11.9. The molecule has 1 atom stereocenters. The predicted octanol–water partition coefficient (Wildman–Crippen LogP) is 1.96. The summed E-state index contributed by atoms with van der Waals surface area (Å²) in [6, 6.07) is 5.93. The number of rotatable bonds is 7. The number of hydrogen-bond acceptors (Lipinski definition) is 3. The first-order valence-electron chi connectivity index (χ1n) is 6.54. The van der Waals surface area contributed by atoms with Gasteiger partial charge in [0.25, 0.3) is 0 Å². The van der Waals surface area contributed by atoms with Crippen LogP contribution in [-0.4, -0.2) is 31.7 Å². The van der Waals surface area contributed by atoms with E-state index in [9.17, 15) is 14.0 Å². The molecule has 0 aromatic heterocycles. The van der Waals surface area contributed by atoms with Crippen molar-refractivity contribution in [2.24, 2.45) is 0 Å². The fourth-order valence-electron chi connectivity index (χ4n) is 1.70. The van der Waals surface area contributed by atoms with Gasteiger partial charge in [0.1, 0.15) is 12.4 Å². The summed E-state index contributed by atoms with van der Waals surface area (Å²) in [5.74, 6) is -0.683. The summed E-state index contributed by atoms with van der Waals surface area (Å²) in [6.07, 6.45) is 0.902. The quantitative estimate of drug-likeness (QED) is 0.755. The molecule has 1 aromatic rings. The fraction of sp³-hybridized carbons (Fsp3) is 0.333. The van der Waals surface area contributed by atoms with Crippen molar-refractivity contribution in [2.75, 3.05) is 19.7 Å². The van der Waals surface area contributed by atoms with Gasteiger partial charge in [0, 0.05) is 25.9 Å². The monoisotopic (exact) mass is 294 g/mol. The van der Waals surface area contributed by atoms with Crippen LogP contribution in [0.5, 0.6) is 0 Å². The Balaban J connectivity index is 2.63. The van der Waals surface area contributed by atoms with Gasteiger partial charge >= 0.3 is 6.09 Å². The molecule has 1 rings (SSSR count). The maximum absolute atomic E-state index is 12.9. The average Bonchev–Trinajstić information content (AvgIpc) is 2.46. The van der Waals surface area contributed by atoms with Crippen LogP contribution in [0.2, 0.25) is 0 Å². The second-order valence-electron chi connectivity index (χ2n) is 4.45. The van der Waals surface area contributed by atoms with Gasteiger partial charge in [0.2, 0.25) is 5.91 Å². The molecule has 2 N–H and O–H groups in total. The van der Waals surface area contributed by atoms with Crippen molar-refractivity contribution in [3.05, 3.63) is 48.3 Å². The van der Waals surface area contributed by atoms with Gasteiger partial charge in [-0.3, -0.25) is 4.79 Å². The lowest BCUT2D eigenvalue weighted by Crippen LogP contribution is -2.35. The first kappa shape index (κ1) is 16.7. The number of benzene rings is 1. The van der Waals surface area contributed by atoms with Gasteiger partial charge in [-0.15, -0.1) is 0 Å². The molecule has 6 heteroatoms. The van der Waals surface area contributed by atoms with Crippen LogP contribution in [0.3, 0.4) is 0 Å². The van der Waals surface area contributed by atoms with Crippen LogP contribution in [0.15, 0.2) is 36.9 Å². The largest absolute Gasteiger partial charge is 0.445 e. The molecule has 0 bridgehead atoms. The Morgan fingerprint density at radius 2 is 1.90 bits per heavy atom. The van der Waals surface area contributed by atoms with Crippen LogP contribution in [0.4, 0.5) is 9.18 Å². The maximum Gasteiger partial charge on any atom is 0.407 e. The van der Waals surface area contributed by atoms with Crippen LogP contribution >= 0.6 is 0 Å². The van der Waals surface area contributed by atoms with E-state index >= 15 is 0 Å². The zero-order valence-corrected chi connectivity index (χ0v) is 11.9. The molecular formula is C15H19FN2O3. The second-order valence-corrected chi connectivity index (χ2v) is 4.45. The first-order chi connectivity index (χ1) is 10.0. The number of alkyl carbamates (subject to hydrolysis) is 1. The summed E-state index contributed by atoms with van der Waals surface area (Å²) in [5, 5.41) is 5.29. The van der Waals surface area contributed by atoms with Crippen molar-refractivity contribution in [3.8, 4) is 0 Å². The number of ether oxygens (including phenoxy) is 1. The Kier molecular flexibility index (Phi) is 6.94. The summed E-state index contributed by atoms with van der Waals surface area (Å²) < 4.78 is 17.8. The van der Waals surface area contributed by atoms with Crippen molar-refractivity contribution in [2.45, 2.75) is 12.8 Å². The number of amides is 2. The minimum Gasteiger partial charge on any atom is -0.445 e. The smallest absolute Gasteiger partial charge is 0.407 e. The summed E-state index contributed by atoms with van der Waals surface area (Å²) >= 11 is 0. The molecule has 5 nitrogen and oxygen atoms in total. The van der Waals surface area contributed by atoms with Crippen LogP contribution in [0.25, 0.3) is 0 Å². The van der Waals surface area contributed by atoms with Gasteiger partial charge in [0.05, 0.1) is 0 Å². The van der Waals surface area contributed by atoms with Crippen molar-refractivity contribution in [1.82, 2.24) is 10.6 Å². The highest BCUT2D eigenvalue weighted by atomic mass is 19.1. The number of carbonyl (C=O) groups excluding carboxylic acids is 2. The molecule has 0 saturated carbocycles. The average molecular weight is 294 g/mol. The molecule has 1 aromatic carbocycles. The Morgan fingerprint density at radius 1 is 1.29 bits per heavy atom. The third-order valence-corrected chi connectivity index (χ3v) is 2.76. The van der Waals surface area contributed by atoms with E-state index in [0.717, 1.165) is 5.56 Å². The number of carbonyl (C=O) groups is 2. The lowest BCUT2D eigenvalue weighted by Gasteiger charge is -2.18. The lowest BCUT2D eigenvalue weighted by atomic mass is 9.99. The topological polar surface area (TPSA) is 67.4 Å². The fourth-order valence-corrected chi connectivity index (χ4v) is 1.70. The highest BCUT2D eigenvalue weighted by molar-refractivity contribution is 5.73. The third-order valence-electron chi connectivity index (χ3n) is 2.76. The van der Waals surface area contributed by atoms with Crippen LogP contribution < -0.4 is 10.6 Å². The molecule has 0 saturated heterocycles. The molecule has 0 aliphatic rings. The Hall–Kier alpha value is -2.37. The molecule has 0 heterocycles. The van der Waals surface area contributed by atoms with Gasteiger partial charge in [-0.1, -0.05) is 24.8 Å². The normalized spacial score (nSPS) is 11.3. The van der Waals surface area contributed by atoms with Crippen LogP contribution in [-0.2, 0) is 9.53 Å². The summed E-state index contributed by atoms with van der Waals surface area (Å²) in [5.41, 5.74) is 0.814. The maximum atomic E-state index is 12.9. The predicted molar refractivity (Wildman–Crippen MR) is 77.4 cm³/mol. The molecule has 0 unspecified atom stereocenters. The van der Waals surface area contributed by atoms with Gasteiger partial charge < -0.3 is 15.4 Å². The molecule has 114 valence electrons. The van der Waals surface area contributed by atoms with E-state index < -0.39 is 6.09 Å². The third kappa shape index (κ3) is 6.56. The van der Waals surface area contributed by atoms with Crippen LogP contribution in [0, 0.1) is 5.82 Å². The van der Waals surface area contributed by atoms with Crippen molar-refractivity contribution < 1.29 is 18.7 Å². The molecule has 0 aliphatic carbocycles. The minimum absolute atomic E-state index is 0.124. The molecule has 2 amide bonds. The van der Waals surface area contributed by atoms with Gasteiger partial charge in [-0.25, -0.2) is 9.18 Å². The second kappa shape index (κ2) is 8.73. The standard InChI is InChI=1S/C15H19FN2O3/c1-3-8-21-15(20)18-10-13(9-17-11(2)19)12-4-6-14(16)7-5-12/h3-7,13H,1,8-10H2,2H3,(H,17,19)(H,18,20)/t13-/m1/s1. The summed E-state index contributed by atoms with van der Waals surface area (Å²) in [6.45, 7) is 5.58. The zero-order chi connectivity index (χ0) is 15.7. The van der Waals surface area contributed by atoms with E-state index in [1.807, 2.05) is 0 Å². The minimum atomic E-state index is -0.565. The van der Waals surface area contributed by atoms with Crippen molar-refractivity contribution in [1.29, 1.82) is 0 Å². The molecule has 0 spiro atoms. The molecular weight excluding hydrogens is 275 g/mol. The molecule has 21 heavy (non-hydrogen) atoms. The number of hydrogen-bond donors (Lipinski definition) is 2.